The van der Waals surface area contributed by atoms with Crippen LogP contribution >= 0.6 is 0 Å². The van der Waals surface area contributed by atoms with E-state index in [4.69, 9.17) is 5.11 Å². The van der Waals surface area contributed by atoms with Crippen molar-refractivity contribution in [1.29, 1.82) is 0 Å². The molecule has 20 heavy (non-hydrogen) atoms. The third-order valence-corrected chi connectivity index (χ3v) is 3.26. The van der Waals surface area contributed by atoms with Crippen LogP contribution in [0.15, 0.2) is 42.5 Å². The number of hydrogen-bond acceptors (Lipinski definition) is 2. The van der Waals surface area contributed by atoms with Gasteiger partial charge in [0.25, 0.3) is 0 Å². The highest BCUT2D eigenvalue weighted by Gasteiger charge is 2.13. The zero-order valence-electron chi connectivity index (χ0n) is 11.3. The number of carboxylic acids is 1. The van der Waals surface area contributed by atoms with Crippen LogP contribution in [0.1, 0.15) is 12.5 Å². The molecule has 2 aromatic rings. The number of amides is 1. The van der Waals surface area contributed by atoms with Crippen LogP contribution in [0.2, 0.25) is 0 Å². The van der Waals surface area contributed by atoms with E-state index in [2.05, 4.69) is 5.32 Å². The van der Waals surface area contributed by atoms with Crippen LogP contribution in [0, 0.1) is 5.92 Å². The molecular weight excluding hydrogens is 254 g/mol. The van der Waals surface area contributed by atoms with Gasteiger partial charge in [0.15, 0.2) is 0 Å². The first kappa shape index (κ1) is 14.1. The topological polar surface area (TPSA) is 66.4 Å². The van der Waals surface area contributed by atoms with E-state index in [0.717, 1.165) is 16.3 Å². The molecule has 0 saturated heterocycles. The summed E-state index contributed by atoms with van der Waals surface area (Å²) >= 11 is 0. The number of carboxylic acid groups (broad SMARTS) is 1. The van der Waals surface area contributed by atoms with E-state index in [1.165, 1.54) is 0 Å². The largest absolute Gasteiger partial charge is 0.481 e. The number of rotatable bonds is 5. The van der Waals surface area contributed by atoms with Gasteiger partial charge < -0.3 is 10.4 Å². The lowest BCUT2D eigenvalue weighted by atomic mass is 10.0. The summed E-state index contributed by atoms with van der Waals surface area (Å²) in [6.45, 7) is 1.72. The van der Waals surface area contributed by atoms with E-state index >= 15 is 0 Å². The maximum Gasteiger partial charge on any atom is 0.308 e. The van der Waals surface area contributed by atoms with Gasteiger partial charge in [-0.05, 0) is 16.3 Å². The fourth-order valence-electron chi connectivity index (χ4n) is 2.04. The monoisotopic (exact) mass is 271 g/mol. The van der Waals surface area contributed by atoms with E-state index in [1.54, 1.807) is 6.92 Å². The van der Waals surface area contributed by atoms with Gasteiger partial charge in [0.1, 0.15) is 0 Å². The molecule has 0 heterocycles. The Labute approximate surface area is 117 Å². The van der Waals surface area contributed by atoms with E-state index < -0.39 is 11.9 Å². The first-order valence-electron chi connectivity index (χ1n) is 6.54. The highest BCUT2D eigenvalue weighted by atomic mass is 16.4. The molecule has 2 rings (SSSR count). The molecule has 0 aliphatic rings. The molecule has 1 unspecified atom stereocenters. The molecule has 2 aromatic carbocycles. The fourth-order valence-corrected chi connectivity index (χ4v) is 2.04. The Kier molecular flexibility index (Phi) is 4.35. The standard InChI is InChI=1S/C16H17NO3/c1-11(16(19)20)10-17-15(18)9-13-7-4-6-12-5-2-3-8-14(12)13/h2-8,11H,9-10H2,1H3,(H,17,18)(H,19,20). The number of hydrogen-bond donors (Lipinski definition) is 2. The summed E-state index contributed by atoms with van der Waals surface area (Å²) in [4.78, 5) is 22.6. The number of nitrogens with one attached hydrogen (secondary N) is 1. The van der Waals surface area contributed by atoms with Crippen molar-refractivity contribution in [3.05, 3.63) is 48.0 Å². The molecule has 0 aliphatic heterocycles. The highest BCUT2D eigenvalue weighted by molar-refractivity contribution is 5.90. The Hall–Kier alpha value is -2.36. The molecule has 2 N–H and O–H groups in total. The second kappa shape index (κ2) is 6.19. The van der Waals surface area contributed by atoms with Crippen LogP contribution in [0.5, 0.6) is 0 Å². The zero-order valence-corrected chi connectivity index (χ0v) is 11.3. The third kappa shape index (κ3) is 3.35. The van der Waals surface area contributed by atoms with Crippen LogP contribution in [0.25, 0.3) is 10.8 Å². The molecule has 0 spiro atoms. The van der Waals surface area contributed by atoms with Crippen molar-refractivity contribution >= 4 is 22.6 Å². The van der Waals surface area contributed by atoms with Crippen LogP contribution < -0.4 is 5.32 Å². The van der Waals surface area contributed by atoms with Gasteiger partial charge in [-0.1, -0.05) is 49.4 Å². The number of aliphatic carboxylic acids is 1. The highest BCUT2D eigenvalue weighted by Crippen LogP contribution is 2.18. The van der Waals surface area contributed by atoms with Crippen molar-refractivity contribution < 1.29 is 14.7 Å². The zero-order chi connectivity index (χ0) is 14.5. The molecular formula is C16H17NO3. The Morgan fingerprint density at radius 1 is 1.15 bits per heavy atom. The molecule has 0 bridgehead atoms. The van der Waals surface area contributed by atoms with E-state index in [1.807, 2.05) is 42.5 Å². The first-order chi connectivity index (χ1) is 9.58. The molecule has 1 amide bonds. The van der Waals surface area contributed by atoms with Crippen molar-refractivity contribution in [2.75, 3.05) is 6.54 Å². The number of carbonyl (C=O) groups excluding carboxylic acids is 1. The smallest absolute Gasteiger partial charge is 0.308 e. The molecule has 1 atom stereocenters. The minimum Gasteiger partial charge on any atom is -0.481 e. The second-order valence-electron chi connectivity index (χ2n) is 4.86. The number of benzene rings is 2. The molecule has 4 heteroatoms. The summed E-state index contributed by atoms with van der Waals surface area (Å²) in [5.41, 5.74) is 0.948. The van der Waals surface area contributed by atoms with Crippen LogP contribution in [-0.2, 0) is 16.0 Å². The molecule has 0 aromatic heterocycles. The van der Waals surface area contributed by atoms with Crippen LogP contribution in [0.3, 0.4) is 0 Å². The van der Waals surface area contributed by atoms with Gasteiger partial charge in [-0.25, -0.2) is 0 Å². The van der Waals surface area contributed by atoms with Crippen molar-refractivity contribution in [3.63, 3.8) is 0 Å². The van der Waals surface area contributed by atoms with E-state index in [9.17, 15) is 9.59 Å². The normalized spacial score (nSPS) is 12.1. The van der Waals surface area contributed by atoms with Gasteiger partial charge in [0, 0.05) is 6.54 Å². The molecule has 104 valence electrons. The lowest BCUT2D eigenvalue weighted by Crippen LogP contribution is -2.32. The molecule has 0 aliphatic carbocycles. The van der Waals surface area contributed by atoms with Gasteiger partial charge in [0.05, 0.1) is 12.3 Å². The average molecular weight is 271 g/mol. The predicted octanol–water partition coefficient (Wildman–Crippen LogP) is 2.22. The lowest BCUT2D eigenvalue weighted by molar-refractivity contribution is -0.141. The van der Waals surface area contributed by atoms with Gasteiger partial charge in [0.2, 0.25) is 5.91 Å². The van der Waals surface area contributed by atoms with Gasteiger partial charge in [-0.3, -0.25) is 9.59 Å². The fraction of sp³-hybridized carbons (Fsp3) is 0.250. The summed E-state index contributed by atoms with van der Waals surface area (Å²) in [5, 5.41) is 13.6. The van der Waals surface area contributed by atoms with E-state index in [-0.39, 0.29) is 18.9 Å². The number of fused-ring (bicyclic) bond motifs is 1. The maximum absolute atomic E-state index is 11.9. The summed E-state index contributed by atoms with van der Waals surface area (Å²) in [5.74, 6) is -1.64. The van der Waals surface area contributed by atoms with Gasteiger partial charge in [-0.15, -0.1) is 0 Å². The molecule has 0 saturated carbocycles. The average Bonchev–Trinajstić information content (AvgIpc) is 2.45. The van der Waals surface area contributed by atoms with Gasteiger partial charge in [-0.2, -0.15) is 0 Å². The van der Waals surface area contributed by atoms with Crippen molar-refractivity contribution in [1.82, 2.24) is 5.32 Å². The SMILES string of the molecule is CC(CNC(=O)Cc1cccc2ccccc12)C(=O)O. The number of carbonyl (C=O) groups is 2. The summed E-state index contributed by atoms with van der Waals surface area (Å²) in [6, 6.07) is 13.7. The van der Waals surface area contributed by atoms with E-state index in [0.29, 0.717) is 0 Å². The Morgan fingerprint density at radius 2 is 1.85 bits per heavy atom. The molecule has 0 fully saturated rings. The maximum atomic E-state index is 11.9. The Balaban J connectivity index is 2.05. The van der Waals surface area contributed by atoms with Crippen LogP contribution in [-0.4, -0.2) is 23.5 Å². The Bertz CT molecular complexity index is 631. The quantitative estimate of drug-likeness (QED) is 0.876. The lowest BCUT2D eigenvalue weighted by Gasteiger charge is -2.10. The minimum atomic E-state index is -0.907. The summed E-state index contributed by atoms with van der Waals surface area (Å²) < 4.78 is 0. The van der Waals surface area contributed by atoms with Crippen molar-refractivity contribution in [2.45, 2.75) is 13.3 Å². The molecule has 0 radical (unpaired) electrons. The summed E-state index contributed by atoms with van der Waals surface area (Å²) in [7, 11) is 0. The van der Waals surface area contributed by atoms with Crippen molar-refractivity contribution in [3.8, 4) is 0 Å². The first-order valence-corrected chi connectivity index (χ1v) is 6.54. The summed E-state index contributed by atoms with van der Waals surface area (Å²) in [6.07, 6.45) is 0.258. The van der Waals surface area contributed by atoms with Crippen molar-refractivity contribution in [2.24, 2.45) is 5.92 Å². The van der Waals surface area contributed by atoms with Gasteiger partial charge >= 0.3 is 5.97 Å². The predicted molar refractivity (Wildman–Crippen MR) is 77.5 cm³/mol. The Morgan fingerprint density at radius 3 is 2.60 bits per heavy atom. The third-order valence-electron chi connectivity index (χ3n) is 3.26. The molecule has 4 nitrogen and oxygen atoms in total. The van der Waals surface area contributed by atoms with Crippen LogP contribution in [0.4, 0.5) is 0 Å². The minimum absolute atomic E-state index is 0.152. The second-order valence-corrected chi connectivity index (χ2v) is 4.86.